The first-order valence-electron chi connectivity index (χ1n) is 6.23. The maximum atomic E-state index is 5.87. The zero-order valence-electron chi connectivity index (χ0n) is 11.3. The van der Waals surface area contributed by atoms with Crippen LogP contribution in [0.4, 0.5) is 0 Å². The molecule has 20 heavy (non-hydrogen) atoms. The van der Waals surface area contributed by atoms with Crippen molar-refractivity contribution in [3.05, 3.63) is 42.7 Å². The average molecular weight is 420 g/mol. The summed E-state index contributed by atoms with van der Waals surface area (Å²) < 4.78 is 7.74. The number of halogens is 2. The van der Waals surface area contributed by atoms with Crippen molar-refractivity contribution in [2.24, 2.45) is 5.73 Å². The summed E-state index contributed by atoms with van der Waals surface area (Å²) in [5, 5.41) is 1.05. The van der Waals surface area contributed by atoms with Gasteiger partial charge in [-0.1, -0.05) is 0 Å². The van der Waals surface area contributed by atoms with Crippen molar-refractivity contribution in [1.29, 1.82) is 0 Å². The molecule has 0 fully saturated rings. The lowest BCUT2D eigenvalue weighted by Crippen LogP contribution is -2.17. The summed E-state index contributed by atoms with van der Waals surface area (Å²) in [7, 11) is 0. The molecule has 0 aliphatic heterocycles. The van der Waals surface area contributed by atoms with Crippen LogP contribution in [0.2, 0.25) is 0 Å². The quantitative estimate of drug-likeness (QED) is 0.778. The number of nitrogens with two attached hydrogens (primary N) is 1. The minimum atomic E-state index is 0.140. The molecule has 6 heteroatoms. The van der Waals surface area contributed by atoms with E-state index in [1.165, 1.54) is 5.56 Å². The fourth-order valence-electron chi connectivity index (χ4n) is 1.86. The summed E-state index contributed by atoms with van der Waals surface area (Å²) in [6, 6.07) is 4.25. The van der Waals surface area contributed by atoms with Crippen LogP contribution in [0, 0.1) is 6.92 Å². The van der Waals surface area contributed by atoms with Crippen LogP contribution in [0.25, 0.3) is 0 Å². The van der Waals surface area contributed by atoms with Crippen molar-refractivity contribution < 1.29 is 4.74 Å². The fraction of sp³-hybridized carbons (Fsp3) is 0.357. The molecule has 1 aromatic heterocycles. The average Bonchev–Trinajstić information content (AvgIpc) is 2.73. The van der Waals surface area contributed by atoms with E-state index < -0.39 is 0 Å². The second-order valence-electron chi connectivity index (χ2n) is 4.70. The van der Waals surface area contributed by atoms with Gasteiger partial charge < -0.3 is 10.5 Å². The van der Waals surface area contributed by atoms with Crippen LogP contribution in [0.3, 0.4) is 0 Å². The first-order valence-corrected chi connectivity index (χ1v) is 8.63. The molecule has 108 valence electrons. The number of hydrogen-bond donors (Lipinski definition) is 1. The molecule has 1 unspecified atom stereocenters. The van der Waals surface area contributed by atoms with Gasteiger partial charge >= 0.3 is 0 Å². The maximum Gasteiger partial charge on any atom is 0.148 e. The molecule has 0 saturated heterocycles. The minimum Gasteiger partial charge on any atom is -0.486 e. The van der Waals surface area contributed by atoms with E-state index in [1.807, 2.05) is 20.0 Å². The van der Waals surface area contributed by atoms with E-state index in [4.69, 9.17) is 10.5 Å². The summed E-state index contributed by atoms with van der Waals surface area (Å²) in [4.78, 5) is 5.33. The monoisotopic (exact) mass is 418 g/mol. The van der Waals surface area contributed by atoms with Crippen LogP contribution in [-0.2, 0) is 13.0 Å². The van der Waals surface area contributed by atoms with Crippen LogP contribution < -0.4 is 10.5 Å². The second kappa shape index (κ2) is 7.02. The number of rotatable bonds is 5. The molecular weight excluding hydrogens is 404 g/mol. The van der Waals surface area contributed by atoms with Crippen molar-refractivity contribution in [3.8, 4) is 5.75 Å². The topological polar surface area (TPSA) is 48.1 Å². The van der Waals surface area contributed by atoms with Crippen molar-refractivity contribution in [2.75, 3.05) is 0 Å². The molecule has 2 aromatic rings. The Hall–Kier alpha value is -0.430. The van der Waals surface area contributed by atoms with Crippen LogP contribution in [-0.4, -0.2) is 11.0 Å². The smallest absolute Gasteiger partial charge is 0.148 e. The fourth-order valence-corrected chi connectivity index (χ4v) is 4.07. The van der Waals surface area contributed by atoms with E-state index in [0.717, 1.165) is 31.0 Å². The summed E-state index contributed by atoms with van der Waals surface area (Å²) in [5.41, 5.74) is 7.01. The number of hydrogen-bond acceptors (Lipinski definition) is 4. The lowest BCUT2D eigenvalue weighted by Gasteiger charge is -2.12. The zero-order chi connectivity index (χ0) is 14.7. The predicted molar refractivity (Wildman–Crippen MR) is 90.4 cm³/mol. The Kier molecular flexibility index (Phi) is 5.60. The summed E-state index contributed by atoms with van der Waals surface area (Å²) in [5.74, 6) is 0.810. The number of thiazole rings is 1. The minimum absolute atomic E-state index is 0.140. The Morgan fingerprint density at radius 2 is 2.00 bits per heavy atom. The third kappa shape index (κ3) is 4.28. The maximum absolute atomic E-state index is 5.87. The number of benzene rings is 1. The Labute approximate surface area is 139 Å². The number of aryl methyl sites for hydroxylation is 1. The van der Waals surface area contributed by atoms with Crippen LogP contribution in [0.1, 0.15) is 22.4 Å². The number of aromatic nitrogens is 1. The molecule has 2 rings (SSSR count). The van der Waals surface area contributed by atoms with Gasteiger partial charge in [-0.2, -0.15) is 0 Å². The molecular formula is C14H16Br2N2OS. The molecule has 2 N–H and O–H groups in total. The molecule has 0 aliphatic rings. The van der Waals surface area contributed by atoms with Gasteiger partial charge in [0, 0.05) is 12.2 Å². The molecule has 3 nitrogen and oxygen atoms in total. The van der Waals surface area contributed by atoms with E-state index >= 15 is 0 Å². The Bertz CT molecular complexity index is 576. The molecule has 0 saturated carbocycles. The van der Waals surface area contributed by atoms with Gasteiger partial charge in [-0.05, 0) is 69.8 Å². The molecule has 1 heterocycles. The highest BCUT2D eigenvalue weighted by Crippen LogP contribution is 2.35. The van der Waals surface area contributed by atoms with Gasteiger partial charge in [-0.15, -0.1) is 11.3 Å². The van der Waals surface area contributed by atoms with Gasteiger partial charge in [0.15, 0.2) is 0 Å². The Balaban J connectivity index is 2.11. The largest absolute Gasteiger partial charge is 0.486 e. The van der Waals surface area contributed by atoms with Crippen LogP contribution >= 0.6 is 43.2 Å². The Morgan fingerprint density at radius 1 is 1.35 bits per heavy atom. The van der Waals surface area contributed by atoms with Gasteiger partial charge in [0.1, 0.15) is 12.4 Å². The van der Waals surface area contributed by atoms with E-state index in [1.54, 1.807) is 11.3 Å². The third-order valence-corrected chi connectivity index (χ3v) is 4.71. The van der Waals surface area contributed by atoms with Gasteiger partial charge in [-0.3, -0.25) is 0 Å². The van der Waals surface area contributed by atoms with Gasteiger partial charge in [0.2, 0.25) is 0 Å². The van der Waals surface area contributed by atoms with Gasteiger partial charge in [0.05, 0.1) is 18.8 Å². The standard InChI is InChI=1S/C14H16Br2N2OS/c1-8(17)3-10-4-12(15)14(13(16)5-10)19-7-11-6-18-9(2)20-11/h4-6,8H,3,7,17H2,1-2H3. The van der Waals surface area contributed by atoms with Crippen LogP contribution in [0.15, 0.2) is 27.3 Å². The summed E-state index contributed by atoms with van der Waals surface area (Å²) >= 11 is 8.76. The van der Waals surface area contributed by atoms with Crippen molar-refractivity contribution in [1.82, 2.24) is 4.98 Å². The molecule has 0 spiro atoms. The molecule has 1 aromatic carbocycles. The molecule has 1 atom stereocenters. The van der Waals surface area contributed by atoms with Crippen molar-refractivity contribution >= 4 is 43.2 Å². The van der Waals surface area contributed by atoms with E-state index in [-0.39, 0.29) is 6.04 Å². The molecule has 0 aliphatic carbocycles. The number of ether oxygens (including phenoxy) is 1. The third-order valence-electron chi connectivity index (χ3n) is 2.64. The summed E-state index contributed by atoms with van der Waals surface area (Å²) in [6.07, 6.45) is 2.69. The second-order valence-corrected chi connectivity index (χ2v) is 7.73. The molecule has 0 amide bonds. The molecule has 0 radical (unpaired) electrons. The van der Waals surface area contributed by atoms with E-state index in [9.17, 15) is 0 Å². The normalized spacial score (nSPS) is 12.4. The van der Waals surface area contributed by atoms with Crippen molar-refractivity contribution in [2.45, 2.75) is 32.9 Å². The van der Waals surface area contributed by atoms with E-state index in [0.29, 0.717) is 6.61 Å². The zero-order valence-corrected chi connectivity index (χ0v) is 15.3. The Morgan fingerprint density at radius 3 is 2.50 bits per heavy atom. The number of nitrogens with zero attached hydrogens (tertiary/aromatic N) is 1. The van der Waals surface area contributed by atoms with E-state index in [2.05, 4.69) is 49.0 Å². The first kappa shape index (κ1) is 15.9. The summed E-state index contributed by atoms with van der Waals surface area (Å²) in [6.45, 7) is 4.51. The predicted octanol–water partition coefficient (Wildman–Crippen LogP) is 4.45. The van der Waals surface area contributed by atoms with Gasteiger partial charge in [-0.25, -0.2) is 4.98 Å². The highest BCUT2D eigenvalue weighted by Gasteiger charge is 2.11. The van der Waals surface area contributed by atoms with Crippen molar-refractivity contribution in [3.63, 3.8) is 0 Å². The highest BCUT2D eigenvalue weighted by molar-refractivity contribution is 9.11. The lowest BCUT2D eigenvalue weighted by atomic mass is 10.1. The molecule has 0 bridgehead atoms. The first-order chi connectivity index (χ1) is 9.45. The van der Waals surface area contributed by atoms with Gasteiger partial charge in [0.25, 0.3) is 0 Å². The van der Waals surface area contributed by atoms with Crippen LogP contribution in [0.5, 0.6) is 5.75 Å². The highest BCUT2D eigenvalue weighted by atomic mass is 79.9. The SMILES string of the molecule is Cc1ncc(COc2c(Br)cc(CC(C)N)cc2Br)s1. The lowest BCUT2D eigenvalue weighted by molar-refractivity contribution is 0.305.